The summed E-state index contributed by atoms with van der Waals surface area (Å²) in [5, 5.41) is 3.28. The van der Waals surface area contributed by atoms with Gasteiger partial charge in [0.15, 0.2) is 0 Å². The van der Waals surface area contributed by atoms with Crippen LogP contribution >= 0.6 is 0 Å². The molecule has 1 unspecified atom stereocenters. The first-order valence-electron chi connectivity index (χ1n) is 11.6. The molecule has 0 amide bonds. The Morgan fingerprint density at radius 1 is 1.14 bits per heavy atom. The predicted octanol–water partition coefficient (Wildman–Crippen LogP) is 5.43. The molecular weight excluding hydrogens is 356 g/mol. The first-order chi connectivity index (χ1) is 14.1. The first-order valence-corrected chi connectivity index (χ1v) is 11.6. The minimum absolute atomic E-state index is 0.224. The Hall–Kier alpha value is -1.42. The Morgan fingerprint density at radius 2 is 1.90 bits per heavy atom. The second kappa shape index (κ2) is 11.1. The first kappa shape index (κ1) is 22.3. The van der Waals surface area contributed by atoms with Crippen molar-refractivity contribution in [2.45, 2.75) is 65.1 Å². The zero-order chi connectivity index (χ0) is 20.5. The molecule has 1 atom stereocenters. The van der Waals surface area contributed by atoms with E-state index >= 15 is 0 Å². The fourth-order valence-electron chi connectivity index (χ4n) is 4.53. The molecular formula is C26H40N2O. The Kier molecular flexibility index (Phi) is 8.53. The van der Waals surface area contributed by atoms with E-state index in [0.29, 0.717) is 6.10 Å². The van der Waals surface area contributed by atoms with E-state index in [-0.39, 0.29) is 5.41 Å². The quantitative estimate of drug-likeness (QED) is 0.540. The molecule has 2 aliphatic rings. The highest BCUT2D eigenvalue weighted by Gasteiger charge is 2.25. The molecule has 0 heterocycles. The summed E-state index contributed by atoms with van der Waals surface area (Å²) in [6.07, 6.45) is 15.1. The van der Waals surface area contributed by atoms with E-state index < -0.39 is 0 Å². The number of allylic oxidation sites excluding steroid dienone is 3. The van der Waals surface area contributed by atoms with Gasteiger partial charge in [-0.2, -0.15) is 0 Å². The summed E-state index contributed by atoms with van der Waals surface area (Å²) < 4.78 is 6.05. The van der Waals surface area contributed by atoms with E-state index in [9.17, 15) is 0 Å². The van der Waals surface area contributed by atoms with Gasteiger partial charge < -0.3 is 15.0 Å². The molecule has 1 saturated carbocycles. The van der Waals surface area contributed by atoms with Crippen LogP contribution in [0.25, 0.3) is 5.57 Å². The van der Waals surface area contributed by atoms with Crippen molar-refractivity contribution in [2.24, 2.45) is 5.41 Å². The lowest BCUT2D eigenvalue weighted by molar-refractivity contribution is 0.0457. The third-order valence-corrected chi connectivity index (χ3v) is 6.33. The summed E-state index contributed by atoms with van der Waals surface area (Å²) >= 11 is 0. The normalized spacial score (nSPS) is 22.4. The van der Waals surface area contributed by atoms with Crippen LogP contribution in [-0.4, -0.2) is 44.2 Å². The van der Waals surface area contributed by atoms with Crippen molar-refractivity contribution in [3.8, 4) is 0 Å². The molecule has 0 aromatic heterocycles. The average Bonchev–Trinajstić information content (AvgIpc) is 3.25. The zero-order valence-electron chi connectivity index (χ0n) is 18.8. The number of ether oxygens (including phenoxy) is 1. The summed E-state index contributed by atoms with van der Waals surface area (Å²) in [7, 11) is 2.04. The number of hydrogen-bond donors (Lipinski definition) is 1. The van der Waals surface area contributed by atoms with Gasteiger partial charge in [0.1, 0.15) is 0 Å². The van der Waals surface area contributed by atoms with Crippen LogP contribution in [0.2, 0.25) is 0 Å². The summed E-state index contributed by atoms with van der Waals surface area (Å²) in [4.78, 5) is 2.60. The maximum atomic E-state index is 6.05. The number of likely N-dealkylation sites (N-methyl/N-ethyl adjacent to an activating group) is 1. The zero-order valence-corrected chi connectivity index (χ0v) is 18.8. The molecule has 0 spiro atoms. The topological polar surface area (TPSA) is 24.5 Å². The Bertz CT molecular complexity index is 672. The number of hydrogen-bond acceptors (Lipinski definition) is 3. The van der Waals surface area contributed by atoms with Gasteiger partial charge in [-0.3, -0.25) is 0 Å². The molecule has 0 aliphatic heterocycles. The van der Waals surface area contributed by atoms with Gasteiger partial charge in [-0.05, 0) is 56.0 Å². The lowest BCUT2D eigenvalue weighted by Crippen LogP contribution is -2.39. The highest BCUT2D eigenvalue weighted by molar-refractivity contribution is 5.75. The second-order valence-electron chi connectivity index (χ2n) is 9.15. The van der Waals surface area contributed by atoms with Gasteiger partial charge in [-0.1, -0.05) is 69.2 Å². The van der Waals surface area contributed by atoms with E-state index in [1.165, 1.54) is 55.3 Å². The third-order valence-electron chi connectivity index (χ3n) is 6.33. The molecule has 1 aromatic carbocycles. The summed E-state index contributed by atoms with van der Waals surface area (Å²) in [6, 6.07) is 8.96. The van der Waals surface area contributed by atoms with Crippen LogP contribution in [0.15, 0.2) is 42.5 Å². The Labute approximate surface area is 178 Å². The molecule has 3 rings (SSSR count). The number of nitrogens with one attached hydrogen (secondary N) is 1. The standard InChI is InChI=1S/C26H40N2O/c1-4-18-28(19-17-27-3)21-26(2)15-13-24(14-16-26)23-11-9-22(10-12-23)20-29-25-7-5-6-8-25/h9-15,25,27H,4-8,16-21H2,1-3H3. The summed E-state index contributed by atoms with van der Waals surface area (Å²) in [5.41, 5.74) is 4.17. The molecule has 0 saturated heterocycles. The lowest BCUT2D eigenvalue weighted by Gasteiger charge is -2.34. The van der Waals surface area contributed by atoms with Gasteiger partial charge in [-0.15, -0.1) is 0 Å². The maximum absolute atomic E-state index is 6.05. The molecule has 1 fully saturated rings. The van der Waals surface area contributed by atoms with Gasteiger partial charge in [-0.25, -0.2) is 0 Å². The van der Waals surface area contributed by atoms with Gasteiger partial charge in [0.25, 0.3) is 0 Å². The van der Waals surface area contributed by atoms with Crippen molar-refractivity contribution in [3.05, 3.63) is 53.6 Å². The Balaban J connectivity index is 1.53. The Morgan fingerprint density at radius 3 is 2.52 bits per heavy atom. The van der Waals surface area contributed by atoms with E-state index in [2.05, 4.69) is 66.6 Å². The van der Waals surface area contributed by atoms with Gasteiger partial charge >= 0.3 is 0 Å². The summed E-state index contributed by atoms with van der Waals surface area (Å²) in [5.74, 6) is 0. The molecule has 29 heavy (non-hydrogen) atoms. The summed E-state index contributed by atoms with van der Waals surface area (Å²) in [6.45, 7) is 9.88. The van der Waals surface area contributed by atoms with Crippen molar-refractivity contribution in [3.63, 3.8) is 0 Å². The van der Waals surface area contributed by atoms with E-state index in [0.717, 1.165) is 32.7 Å². The van der Waals surface area contributed by atoms with Crippen molar-refractivity contribution in [1.29, 1.82) is 0 Å². The van der Waals surface area contributed by atoms with Crippen molar-refractivity contribution in [1.82, 2.24) is 10.2 Å². The second-order valence-corrected chi connectivity index (χ2v) is 9.15. The lowest BCUT2D eigenvalue weighted by atomic mass is 9.80. The number of rotatable bonds is 11. The maximum Gasteiger partial charge on any atom is 0.0720 e. The monoisotopic (exact) mass is 396 g/mol. The molecule has 2 aliphatic carbocycles. The molecule has 160 valence electrons. The number of nitrogens with zero attached hydrogens (tertiary/aromatic N) is 1. The van der Waals surface area contributed by atoms with Crippen LogP contribution in [0, 0.1) is 5.41 Å². The minimum Gasteiger partial charge on any atom is -0.374 e. The molecule has 3 nitrogen and oxygen atoms in total. The molecule has 1 aromatic rings. The molecule has 0 bridgehead atoms. The average molecular weight is 397 g/mol. The molecule has 1 N–H and O–H groups in total. The van der Waals surface area contributed by atoms with E-state index in [1.54, 1.807) is 0 Å². The largest absolute Gasteiger partial charge is 0.374 e. The highest BCUT2D eigenvalue weighted by Crippen LogP contribution is 2.34. The van der Waals surface area contributed by atoms with Crippen LogP contribution in [-0.2, 0) is 11.3 Å². The van der Waals surface area contributed by atoms with Crippen molar-refractivity contribution < 1.29 is 4.74 Å². The van der Waals surface area contributed by atoms with Crippen LogP contribution < -0.4 is 5.32 Å². The third kappa shape index (κ3) is 6.80. The molecule has 0 radical (unpaired) electrons. The minimum atomic E-state index is 0.224. The van der Waals surface area contributed by atoms with E-state index in [4.69, 9.17) is 4.74 Å². The van der Waals surface area contributed by atoms with Crippen molar-refractivity contribution >= 4 is 5.57 Å². The van der Waals surface area contributed by atoms with Crippen molar-refractivity contribution in [2.75, 3.05) is 33.2 Å². The van der Waals surface area contributed by atoms with E-state index in [1.807, 2.05) is 7.05 Å². The van der Waals surface area contributed by atoms with Gasteiger partial charge in [0, 0.05) is 25.0 Å². The van der Waals surface area contributed by atoms with Gasteiger partial charge in [0.05, 0.1) is 12.7 Å². The fraction of sp³-hybridized carbons (Fsp3) is 0.615. The highest BCUT2D eigenvalue weighted by atomic mass is 16.5. The smallest absolute Gasteiger partial charge is 0.0720 e. The van der Waals surface area contributed by atoms with Crippen LogP contribution in [0.4, 0.5) is 0 Å². The SMILES string of the molecule is CCCN(CCNC)CC1(C)C=CC(c2ccc(COC3CCCC3)cc2)=CC1. The van der Waals surface area contributed by atoms with Gasteiger partial charge in [0.2, 0.25) is 0 Å². The van der Waals surface area contributed by atoms with Crippen LogP contribution in [0.5, 0.6) is 0 Å². The fourth-order valence-corrected chi connectivity index (χ4v) is 4.53. The predicted molar refractivity (Wildman–Crippen MR) is 124 cm³/mol. The van der Waals surface area contributed by atoms with Crippen LogP contribution in [0.3, 0.4) is 0 Å². The molecule has 3 heteroatoms. The number of benzene rings is 1. The van der Waals surface area contributed by atoms with Crippen LogP contribution in [0.1, 0.15) is 63.5 Å².